The molecule has 1 aliphatic rings. The molecule has 0 atom stereocenters. The number of hydrogen-bond acceptors (Lipinski definition) is 3. The third kappa shape index (κ3) is 4.64. The molecule has 1 heterocycles. The van der Waals surface area contributed by atoms with Crippen molar-refractivity contribution in [3.05, 3.63) is 0 Å². The van der Waals surface area contributed by atoms with Crippen LogP contribution in [0.1, 0.15) is 58.3 Å². The second-order valence-electron chi connectivity index (χ2n) is 4.23. The number of amides is 1. The largest absolute Gasteiger partial charge is 0.338 e. The van der Waals surface area contributed by atoms with Crippen LogP contribution in [0.15, 0.2) is 0 Å². The molecular weight excluding hydrogens is 206 g/mol. The summed E-state index contributed by atoms with van der Waals surface area (Å²) in [4.78, 5) is 28.0. The van der Waals surface area contributed by atoms with Crippen LogP contribution in [0.25, 0.3) is 0 Å². The monoisotopic (exact) mass is 227 g/mol. The van der Waals surface area contributed by atoms with Gasteiger partial charge in [-0.15, -0.1) is 0 Å². The molecule has 0 bridgehead atoms. The van der Waals surface area contributed by atoms with E-state index in [1.165, 1.54) is 5.06 Å². The van der Waals surface area contributed by atoms with E-state index in [1.54, 1.807) is 0 Å². The van der Waals surface area contributed by atoms with E-state index in [9.17, 15) is 9.59 Å². The van der Waals surface area contributed by atoms with Crippen LogP contribution in [0.5, 0.6) is 0 Å². The van der Waals surface area contributed by atoms with E-state index < -0.39 is 0 Å². The van der Waals surface area contributed by atoms with Crippen molar-refractivity contribution >= 4 is 11.9 Å². The highest BCUT2D eigenvalue weighted by molar-refractivity contribution is 5.78. The Morgan fingerprint density at radius 2 is 2.12 bits per heavy atom. The van der Waals surface area contributed by atoms with Gasteiger partial charge in [-0.1, -0.05) is 26.2 Å². The Labute approximate surface area is 96.9 Å². The van der Waals surface area contributed by atoms with E-state index in [0.29, 0.717) is 19.4 Å². The smallest absolute Gasteiger partial charge is 0.332 e. The number of rotatable bonds is 5. The molecule has 0 spiro atoms. The highest BCUT2D eigenvalue weighted by Crippen LogP contribution is 2.12. The zero-order valence-corrected chi connectivity index (χ0v) is 10.0. The average Bonchev–Trinajstić information content (AvgIpc) is 2.45. The molecule has 0 saturated carbocycles. The lowest BCUT2D eigenvalue weighted by Gasteiger charge is -2.18. The van der Waals surface area contributed by atoms with Gasteiger partial charge in [0.25, 0.3) is 5.91 Å². The topological polar surface area (TPSA) is 46.6 Å². The standard InChI is InChI=1S/C12H21NO3/c1-2-3-5-9-12(15)16-13-10-7-4-6-8-11(13)14/h2-10H2,1H3. The summed E-state index contributed by atoms with van der Waals surface area (Å²) in [5.74, 6) is -0.329. The summed E-state index contributed by atoms with van der Waals surface area (Å²) in [6, 6.07) is 0. The van der Waals surface area contributed by atoms with E-state index in [1.807, 2.05) is 0 Å². The van der Waals surface area contributed by atoms with E-state index in [4.69, 9.17) is 4.84 Å². The number of hydroxylamine groups is 2. The summed E-state index contributed by atoms with van der Waals surface area (Å²) in [5.41, 5.74) is 0. The number of carbonyl (C=O) groups is 2. The normalized spacial score (nSPS) is 17.1. The molecule has 4 heteroatoms. The molecular formula is C12H21NO3. The van der Waals surface area contributed by atoms with Crippen LogP contribution < -0.4 is 0 Å². The van der Waals surface area contributed by atoms with Crippen molar-refractivity contribution in [2.75, 3.05) is 6.54 Å². The minimum absolute atomic E-state index is 0.0543. The first-order valence-electron chi connectivity index (χ1n) is 6.25. The molecule has 16 heavy (non-hydrogen) atoms. The van der Waals surface area contributed by atoms with E-state index in [2.05, 4.69) is 6.92 Å². The second kappa shape index (κ2) is 7.25. The number of carbonyl (C=O) groups excluding carboxylic acids is 2. The Hall–Kier alpha value is -1.06. The minimum atomic E-state index is -0.274. The molecule has 4 nitrogen and oxygen atoms in total. The molecule has 0 unspecified atom stereocenters. The number of hydrogen-bond donors (Lipinski definition) is 0. The van der Waals surface area contributed by atoms with Crippen LogP contribution in [-0.2, 0) is 14.4 Å². The van der Waals surface area contributed by atoms with Crippen LogP contribution in [0.3, 0.4) is 0 Å². The average molecular weight is 227 g/mol. The Kier molecular flexibility index (Phi) is 5.90. The molecule has 0 radical (unpaired) electrons. The zero-order valence-electron chi connectivity index (χ0n) is 10.0. The molecule has 1 rings (SSSR count). The molecule has 1 amide bonds. The summed E-state index contributed by atoms with van der Waals surface area (Å²) >= 11 is 0. The Balaban J connectivity index is 2.27. The first kappa shape index (κ1) is 13.0. The van der Waals surface area contributed by atoms with Gasteiger partial charge in [-0.3, -0.25) is 4.79 Å². The van der Waals surface area contributed by atoms with Crippen molar-refractivity contribution in [1.82, 2.24) is 5.06 Å². The van der Waals surface area contributed by atoms with Crippen molar-refractivity contribution in [3.63, 3.8) is 0 Å². The van der Waals surface area contributed by atoms with Gasteiger partial charge < -0.3 is 4.84 Å². The molecule has 1 saturated heterocycles. The van der Waals surface area contributed by atoms with E-state index in [-0.39, 0.29) is 11.9 Å². The summed E-state index contributed by atoms with van der Waals surface area (Å²) in [6.45, 7) is 2.64. The van der Waals surface area contributed by atoms with Gasteiger partial charge in [-0.05, 0) is 19.3 Å². The lowest BCUT2D eigenvalue weighted by atomic mass is 10.2. The number of unbranched alkanes of at least 4 members (excludes halogenated alkanes) is 2. The van der Waals surface area contributed by atoms with Gasteiger partial charge in [0.15, 0.2) is 0 Å². The maximum atomic E-state index is 11.5. The third-order valence-corrected chi connectivity index (χ3v) is 2.73. The lowest BCUT2D eigenvalue weighted by molar-refractivity contribution is -0.197. The van der Waals surface area contributed by atoms with Crippen molar-refractivity contribution in [3.8, 4) is 0 Å². The summed E-state index contributed by atoms with van der Waals surface area (Å²) < 4.78 is 0. The van der Waals surface area contributed by atoms with Gasteiger partial charge in [0.1, 0.15) is 0 Å². The Morgan fingerprint density at radius 1 is 1.31 bits per heavy atom. The van der Waals surface area contributed by atoms with Crippen molar-refractivity contribution in [2.45, 2.75) is 58.3 Å². The second-order valence-corrected chi connectivity index (χ2v) is 4.23. The SMILES string of the molecule is CCCCCC(=O)ON1CCCCCC1=O. The number of nitrogens with zero attached hydrogens (tertiary/aromatic N) is 1. The van der Waals surface area contributed by atoms with Gasteiger partial charge in [0.2, 0.25) is 0 Å². The summed E-state index contributed by atoms with van der Waals surface area (Å²) in [5, 5.41) is 1.25. The Morgan fingerprint density at radius 3 is 2.88 bits per heavy atom. The van der Waals surface area contributed by atoms with Gasteiger partial charge in [0.05, 0.1) is 6.54 Å². The van der Waals surface area contributed by atoms with Crippen LogP contribution >= 0.6 is 0 Å². The highest BCUT2D eigenvalue weighted by Gasteiger charge is 2.20. The fraction of sp³-hybridized carbons (Fsp3) is 0.833. The molecule has 0 N–H and O–H groups in total. The molecule has 1 fully saturated rings. The van der Waals surface area contributed by atoms with Crippen molar-refractivity contribution < 1.29 is 14.4 Å². The maximum absolute atomic E-state index is 11.5. The zero-order chi connectivity index (χ0) is 11.8. The summed E-state index contributed by atoms with van der Waals surface area (Å²) in [6.07, 6.45) is 6.74. The molecule has 1 aliphatic heterocycles. The molecule has 0 aromatic rings. The first-order chi connectivity index (χ1) is 7.74. The van der Waals surface area contributed by atoms with Crippen LogP contribution in [-0.4, -0.2) is 23.5 Å². The molecule has 0 aromatic carbocycles. The fourth-order valence-corrected chi connectivity index (χ4v) is 1.74. The molecule has 0 aliphatic carbocycles. The van der Waals surface area contributed by atoms with Crippen LogP contribution in [0.2, 0.25) is 0 Å². The third-order valence-electron chi connectivity index (χ3n) is 2.73. The van der Waals surface area contributed by atoms with Crippen molar-refractivity contribution in [1.29, 1.82) is 0 Å². The fourth-order valence-electron chi connectivity index (χ4n) is 1.74. The predicted octanol–water partition coefficient (Wildman–Crippen LogP) is 2.43. The summed E-state index contributed by atoms with van der Waals surface area (Å²) in [7, 11) is 0. The highest BCUT2D eigenvalue weighted by atomic mass is 16.7. The minimum Gasteiger partial charge on any atom is -0.338 e. The maximum Gasteiger partial charge on any atom is 0.332 e. The quantitative estimate of drug-likeness (QED) is 0.678. The molecule has 92 valence electrons. The van der Waals surface area contributed by atoms with E-state index in [0.717, 1.165) is 38.5 Å². The van der Waals surface area contributed by atoms with Gasteiger partial charge in [-0.2, -0.15) is 5.06 Å². The van der Waals surface area contributed by atoms with Crippen molar-refractivity contribution in [2.24, 2.45) is 0 Å². The van der Waals surface area contributed by atoms with E-state index >= 15 is 0 Å². The first-order valence-corrected chi connectivity index (χ1v) is 6.25. The van der Waals surface area contributed by atoms with Gasteiger partial charge >= 0.3 is 5.97 Å². The van der Waals surface area contributed by atoms with Crippen LogP contribution in [0, 0.1) is 0 Å². The Bertz CT molecular complexity index is 240. The van der Waals surface area contributed by atoms with Gasteiger partial charge in [0, 0.05) is 12.8 Å². The lowest BCUT2D eigenvalue weighted by Crippen LogP contribution is -2.32. The molecule has 0 aromatic heterocycles. The van der Waals surface area contributed by atoms with Crippen LogP contribution in [0.4, 0.5) is 0 Å². The predicted molar refractivity (Wildman–Crippen MR) is 60.4 cm³/mol. The van der Waals surface area contributed by atoms with Gasteiger partial charge in [-0.25, -0.2) is 4.79 Å².